The van der Waals surface area contributed by atoms with Crippen molar-refractivity contribution in [3.8, 4) is 0 Å². The molecule has 1 heterocycles. The van der Waals surface area contributed by atoms with Gasteiger partial charge in [0.2, 0.25) is 10.0 Å². The van der Waals surface area contributed by atoms with Gasteiger partial charge in [0, 0.05) is 30.2 Å². The molecule has 1 saturated heterocycles. The minimum atomic E-state index is -3.59. The number of hydrogen-bond donors (Lipinski definition) is 1. The second kappa shape index (κ2) is 6.84. The standard InChI is InChI=1S/C14H20Cl2N2O2S/c1-2-10-5-7-18(8-6-10)21(19,20)13-4-3-12(15)11(9-17)14(13)16/h3-4,10H,2,5-9,17H2,1H3. The van der Waals surface area contributed by atoms with Gasteiger partial charge in [0.05, 0.1) is 5.02 Å². The fourth-order valence-electron chi connectivity index (χ4n) is 2.66. The number of benzene rings is 1. The summed E-state index contributed by atoms with van der Waals surface area (Å²) in [6.07, 6.45) is 2.88. The maximum absolute atomic E-state index is 12.7. The predicted molar refractivity (Wildman–Crippen MR) is 86.1 cm³/mol. The molecular formula is C14H20Cl2N2O2S. The Morgan fingerprint density at radius 1 is 1.29 bits per heavy atom. The van der Waals surface area contributed by atoms with Crippen molar-refractivity contribution >= 4 is 33.2 Å². The summed E-state index contributed by atoms with van der Waals surface area (Å²) in [6.45, 7) is 3.33. The Labute approximate surface area is 136 Å². The Bertz CT molecular complexity index is 612. The fraction of sp³-hybridized carbons (Fsp3) is 0.571. The monoisotopic (exact) mass is 350 g/mol. The van der Waals surface area contributed by atoms with Crippen LogP contribution in [0, 0.1) is 5.92 Å². The number of piperidine rings is 1. The summed E-state index contributed by atoms with van der Waals surface area (Å²) in [5, 5.41) is 0.536. The highest BCUT2D eigenvalue weighted by Crippen LogP contribution is 2.34. The summed E-state index contributed by atoms with van der Waals surface area (Å²) in [5.41, 5.74) is 6.08. The number of hydrogen-bond acceptors (Lipinski definition) is 3. The van der Waals surface area contributed by atoms with Crippen LogP contribution in [0.5, 0.6) is 0 Å². The zero-order valence-corrected chi connectivity index (χ0v) is 14.3. The van der Waals surface area contributed by atoms with Crippen molar-refractivity contribution in [2.24, 2.45) is 11.7 Å². The highest BCUT2D eigenvalue weighted by atomic mass is 35.5. The molecule has 1 aliphatic heterocycles. The molecule has 0 aromatic heterocycles. The molecule has 0 unspecified atom stereocenters. The number of rotatable bonds is 4. The van der Waals surface area contributed by atoms with Crippen LogP contribution in [-0.2, 0) is 16.6 Å². The molecule has 21 heavy (non-hydrogen) atoms. The normalized spacial score (nSPS) is 18.1. The van der Waals surface area contributed by atoms with E-state index in [4.69, 9.17) is 28.9 Å². The van der Waals surface area contributed by atoms with Gasteiger partial charge in [0.1, 0.15) is 4.90 Å². The van der Waals surface area contributed by atoms with Crippen LogP contribution in [0.25, 0.3) is 0 Å². The lowest BCUT2D eigenvalue weighted by atomic mass is 9.96. The van der Waals surface area contributed by atoms with E-state index in [0.29, 0.717) is 29.6 Å². The van der Waals surface area contributed by atoms with Gasteiger partial charge in [0.15, 0.2) is 0 Å². The fourth-order valence-corrected chi connectivity index (χ4v) is 5.04. The SMILES string of the molecule is CCC1CCN(S(=O)(=O)c2ccc(Cl)c(CN)c2Cl)CC1. The first-order valence-corrected chi connectivity index (χ1v) is 9.28. The topological polar surface area (TPSA) is 63.4 Å². The van der Waals surface area contributed by atoms with E-state index in [0.717, 1.165) is 19.3 Å². The molecule has 1 aromatic rings. The molecule has 1 fully saturated rings. The van der Waals surface area contributed by atoms with Crippen LogP contribution < -0.4 is 5.73 Å². The molecule has 2 N–H and O–H groups in total. The number of nitrogens with zero attached hydrogens (tertiary/aromatic N) is 1. The third-order valence-corrected chi connectivity index (χ3v) is 6.96. The van der Waals surface area contributed by atoms with Crippen LogP contribution in [0.3, 0.4) is 0 Å². The van der Waals surface area contributed by atoms with Crippen LogP contribution >= 0.6 is 23.2 Å². The number of sulfonamides is 1. The first kappa shape index (κ1) is 17.0. The van der Waals surface area contributed by atoms with E-state index >= 15 is 0 Å². The van der Waals surface area contributed by atoms with E-state index in [9.17, 15) is 8.42 Å². The summed E-state index contributed by atoms with van der Waals surface area (Å²) in [4.78, 5) is 0.101. The summed E-state index contributed by atoms with van der Waals surface area (Å²) >= 11 is 12.2. The van der Waals surface area contributed by atoms with E-state index in [1.54, 1.807) is 6.07 Å². The number of nitrogens with two attached hydrogens (primary N) is 1. The van der Waals surface area contributed by atoms with Crippen molar-refractivity contribution in [2.45, 2.75) is 37.6 Å². The molecule has 0 atom stereocenters. The van der Waals surface area contributed by atoms with Gasteiger partial charge in [-0.2, -0.15) is 4.31 Å². The van der Waals surface area contributed by atoms with Crippen molar-refractivity contribution in [2.75, 3.05) is 13.1 Å². The molecule has 4 nitrogen and oxygen atoms in total. The molecule has 1 aliphatic rings. The van der Waals surface area contributed by atoms with Crippen LogP contribution in [0.15, 0.2) is 17.0 Å². The highest BCUT2D eigenvalue weighted by molar-refractivity contribution is 7.89. The summed E-state index contributed by atoms with van der Waals surface area (Å²) in [7, 11) is -3.59. The maximum atomic E-state index is 12.7. The average Bonchev–Trinajstić information content (AvgIpc) is 2.47. The maximum Gasteiger partial charge on any atom is 0.244 e. The molecule has 0 radical (unpaired) electrons. The zero-order valence-electron chi connectivity index (χ0n) is 12.0. The molecule has 0 aliphatic carbocycles. The minimum absolute atomic E-state index is 0.101. The Kier molecular flexibility index (Phi) is 5.54. The van der Waals surface area contributed by atoms with E-state index in [-0.39, 0.29) is 16.5 Å². The van der Waals surface area contributed by atoms with Gasteiger partial charge in [0.25, 0.3) is 0 Å². The Hall–Kier alpha value is -0.330. The lowest BCUT2D eigenvalue weighted by molar-refractivity contribution is 0.269. The van der Waals surface area contributed by atoms with Crippen LogP contribution in [0.4, 0.5) is 0 Å². The van der Waals surface area contributed by atoms with Crippen LogP contribution in [-0.4, -0.2) is 25.8 Å². The zero-order chi connectivity index (χ0) is 15.6. The first-order valence-electron chi connectivity index (χ1n) is 7.08. The van der Waals surface area contributed by atoms with Gasteiger partial charge in [-0.15, -0.1) is 0 Å². The average molecular weight is 351 g/mol. The lowest BCUT2D eigenvalue weighted by Crippen LogP contribution is -2.38. The minimum Gasteiger partial charge on any atom is -0.326 e. The van der Waals surface area contributed by atoms with Crippen LogP contribution in [0.1, 0.15) is 31.7 Å². The second-order valence-electron chi connectivity index (χ2n) is 5.30. The van der Waals surface area contributed by atoms with E-state index in [1.165, 1.54) is 10.4 Å². The Balaban J connectivity index is 2.33. The van der Waals surface area contributed by atoms with Crippen molar-refractivity contribution < 1.29 is 8.42 Å². The third kappa shape index (κ3) is 3.37. The molecular weight excluding hydrogens is 331 g/mol. The molecule has 0 amide bonds. The van der Waals surface area contributed by atoms with Crippen molar-refractivity contribution in [3.05, 3.63) is 27.7 Å². The molecule has 7 heteroatoms. The molecule has 0 saturated carbocycles. The van der Waals surface area contributed by atoms with Gasteiger partial charge in [-0.3, -0.25) is 0 Å². The molecule has 1 aromatic carbocycles. The third-order valence-electron chi connectivity index (χ3n) is 4.12. The van der Waals surface area contributed by atoms with Gasteiger partial charge in [-0.25, -0.2) is 8.42 Å². The van der Waals surface area contributed by atoms with Crippen molar-refractivity contribution in [1.29, 1.82) is 0 Å². The Morgan fingerprint density at radius 3 is 2.43 bits per heavy atom. The lowest BCUT2D eigenvalue weighted by Gasteiger charge is -2.31. The van der Waals surface area contributed by atoms with Gasteiger partial charge in [-0.1, -0.05) is 36.5 Å². The quantitative estimate of drug-likeness (QED) is 0.906. The molecule has 2 rings (SSSR count). The summed E-state index contributed by atoms with van der Waals surface area (Å²) in [6, 6.07) is 3.01. The number of halogens is 2. The first-order chi connectivity index (χ1) is 9.91. The van der Waals surface area contributed by atoms with Gasteiger partial charge >= 0.3 is 0 Å². The van der Waals surface area contributed by atoms with Crippen LogP contribution in [0.2, 0.25) is 10.0 Å². The predicted octanol–water partition coefficient (Wildman–Crippen LogP) is 3.26. The summed E-state index contributed by atoms with van der Waals surface area (Å²) < 4.78 is 27.0. The van der Waals surface area contributed by atoms with E-state index in [1.807, 2.05) is 0 Å². The van der Waals surface area contributed by atoms with Gasteiger partial charge in [-0.05, 0) is 30.9 Å². The van der Waals surface area contributed by atoms with E-state index < -0.39 is 10.0 Å². The van der Waals surface area contributed by atoms with Gasteiger partial charge < -0.3 is 5.73 Å². The van der Waals surface area contributed by atoms with Crippen molar-refractivity contribution in [1.82, 2.24) is 4.31 Å². The molecule has 0 bridgehead atoms. The molecule has 118 valence electrons. The largest absolute Gasteiger partial charge is 0.326 e. The smallest absolute Gasteiger partial charge is 0.244 e. The van der Waals surface area contributed by atoms with E-state index in [2.05, 4.69) is 6.92 Å². The molecule has 0 spiro atoms. The van der Waals surface area contributed by atoms with Crippen molar-refractivity contribution in [3.63, 3.8) is 0 Å². The highest BCUT2D eigenvalue weighted by Gasteiger charge is 2.31. The summed E-state index contributed by atoms with van der Waals surface area (Å²) in [5.74, 6) is 0.608. The second-order valence-corrected chi connectivity index (χ2v) is 7.99. The Morgan fingerprint density at radius 2 is 1.90 bits per heavy atom.